The van der Waals surface area contributed by atoms with Gasteiger partial charge in [-0.2, -0.15) is 0 Å². The molecular formula is C25H22BrClN4O4S. The first kappa shape index (κ1) is 26.0. The van der Waals surface area contributed by atoms with Gasteiger partial charge in [0.2, 0.25) is 6.54 Å². The lowest BCUT2D eigenvalue weighted by Gasteiger charge is -2.18. The maximum Gasteiger partial charge on any atom is 0.220 e. The number of methoxy groups -OCH3 is 1. The summed E-state index contributed by atoms with van der Waals surface area (Å²) in [5.74, 6) is 1.61. The topological polar surface area (TPSA) is 92.3 Å². The molecule has 36 heavy (non-hydrogen) atoms. The second-order valence-corrected chi connectivity index (χ2v) is 10.2. The average Bonchev–Trinajstić information content (AvgIpc) is 3.23. The van der Waals surface area contributed by atoms with E-state index in [4.69, 9.17) is 21.1 Å². The van der Waals surface area contributed by atoms with Crippen LogP contribution in [0, 0.1) is 17.0 Å². The Morgan fingerprint density at radius 2 is 1.86 bits per heavy atom. The van der Waals surface area contributed by atoms with E-state index < -0.39 is 5.25 Å². The lowest BCUT2D eigenvalue weighted by Crippen LogP contribution is -2.12. The molecule has 0 bridgehead atoms. The van der Waals surface area contributed by atoms with Gasteiger partial charge in [-0.25, -0.2) is 0 Å². The normalized spacial score (nSPS) is 11.8. The molecule has 0 spiro atoms. The summed E-state index contributed by atoms with van der Waals surface area (Å²) in [6.45, 7) is 1.76. The van der Waals surface area contributed by atoms with Crippen LogP contribution in [-0.4, -0.2) is 33.3 Å². The second kappa shape index (κ2) is 11.8. The highest BCUT2D eigenvalue weighted by Crippen LogP contribution is 2.43. The van der Waals surface area contributed by atoms with Crippen LogP contribution in [0.15, 0.2) is 76.4 Å². The van der Waals surface area contributed by atoms with Gasteiger partial charge in [0.25, 0.3) is 0 Å². The molecule has 0 aliphatic heterocycles. The molecule has 11 heteroatoms. The number of benzene rings is 3. The Morgan fingerprint density at radius 3 is 2.56 bits per heavy atom. The zero-order valence-corrected chi connectivity index (χ0v) is 22.6. The van der Waals surface area contributed by atoms with Crippen LogP contribution < -0.4 is 9.47 Å². The first-order valence-corrected chi connectivity index (χ1v) is 12.9. The molecule has 0 saturated heterocycles. The summed E-state index contributed by atoms with van der Waals surface area (Å²) in [5, 5.41) is 20.7. The number of halogens is 2. The summed E-state index contributed by atoms with van der Waals surface area (Å²) in [7, 11) is 1.53. The number of hydrogen-bond donors (Lipinski definition) is 0. The van der Waals surface area contributed by atoms with Gasteiger partial charge >= 0.3 is 0 Å². The fraction of sp³-hybridized carbons (Fsp3) is 0.200. The van der Waals surface area contributed by atoms with Crippen molar-refractivity contribution in [2.75, 3.05) is 13.7 Å². The molecular weight excluding hydrogens is 568 g/mol. The van der Waals surface area contributed by atoms with Gasteiger partial charge in [0.1, 0.15) is 17.7 Å². The fourth-order valence-electron chi connectivity index (χ4n) is 3.60. The lowest BCUT2D eigenvalue weighted by atomic mass is 10.1. The van der Waals surface area contributed by atoms with Crippen LogP contribution in [0.4, 0.5) is 0 Å². The quantitative estimate of drug-likeness (QED) is 0.116. The molecule has 0 radical (unpaired) electrons. The number of rotatable bonds is 10. The van der Waals surface area contributed by atoms with Crippen molar-refractivity contribution in [3.05, 3.63) is 103 Å². The number of thioether (sulfide) groups is 1. The predicted molar refractivity (Wildman–Crippen MR) is 143 cm³/mol. The van der Waals surface area contributed by atoms with Crippen LogP contribution in [0.2, 0.25) is 5.02 Å². The Bertz CT molecular complexity index is 1370. The maximum atomic E-state index is 11.6. The number of hydrogen-bond acceptors (Lipinski definition) is 7. The number of para-hydroxylation sites is 1. The SMILES string of the molecule is COc1cc([C@H](C[N+](=O)[O-])Sc2nnc(C)n2-c2ccccc2)cc(Br)c1OCc1ccccc1Cl. The van der Waals surface area contributed by atoms with Crippen molar-refractivity contribution in [3.63, 3.8) is 0 Å². The number of aromatic nitrogens is 3. The molecule has 0 fully saturated rings. The Morgan fingerprint density at radius 1 is 1.14 bits per heavy atom. The highest BCUT2D eigenvalue weighted by molar-refractivity contribution is 9.10. The third-order valence-electron chi connectivity index (χ3n) is 5.33. The first-order valence-electron chi connectivity index (χ1n) is 10.9. The van der Waals surface area contributed by atoms with Gasteiger partial charge in [0.05, 0.1) is 11.6 Å². The van der Waals surface area contributed by atoms with Gasteiger partial charge in [-0.3, -0.25) is 14.7 Å². The van der Waals surface area contributed by atoms with Gasteiger partial charge in [0, 0.05) is 21.2 Å². The molecule has 1 aromatic heterocycles. The van der Waals surface area contributed by atoms with E-state index in [-0.39, 0.29) is 18.1 Å². The Hall–Kier alpha value is -3.08. The van der Waals surface area contributed by atoms with Gasteiger partial charge in [-0.15, -0.1) is 10.2 Å². The van der Waals surface area contributed by atoms with Gasteiger partial charge in [-0.1, -0.05) is 59.8 Å². The maximum absolute atomic E-state index is 11.6. The number of nitrogens with zero attached hydrogens (tertiary/aromatic N) is 4. The Labute approximate surface area is 225 Å². The average molecular weight is 590 g/mol. The molecule has 0 N–H and O–H groups in total. The molecule has 0 saturated carbocycles. The summed E-state index contributed by atoms with van der Waals surface area (Å²) < 4.78 is 14.1. The third kappa shape index (κ3) is 6.00. The van der Waals surface area contributed by atoms with Crippen molar-refractivity contribution >= 4 is 39.3 Å². The minimum absolute atomic E-state index is 0.237. The molecule has 0 aliphatic carbocycles. The molecule has 0 amide bonds. The summed E-state index contributed by atoms with van der Waals surface area (Å²) in [6.07, 6.45) is 0. The smallest absolute Gasteiger partial charge is 0.220 e. The van der Waals surface area contributed by atoms with Crippen molar-refractivity contribution in [2.24, 2.45) is 0 Å². The number of aryl methyl sites for hydroxylation is 1. The lowest BCUT2D eigenvalue weighted by molar-refractivity contribution is -0.479. The predicted octanol–water partition coefficient (Wildman–Crippen LogP) is 6.69. The molecule has 4 rings (SSSR count). The highest BCUT2D eigenvalue weighted by atomic mass is 79.9. The third-order valence-corrected chi connectivity index (χ3v) is 7.46. The van der Waals surface area contributed by atoms with Crippen molar-refractivity contribution < 1.29 is 14.4 Å². The van der Waals surface area contributed by atoms with E-state index in [1.165, 1.54) is 18.9 Å². The standard InChI is InChI=1S/C25H22BrClN4O4S/c1-16-28-29-25(31(16)19-9-4-3-5-10-19)36-23(14-30(32)33)18-12-20(26)24(22(13-18)34-2)35-15-17-8-6-7-11-21(17)27/h3-13,23H,14-15H2,1-2H3/t23-/m0/s1. The monoisotopic (exact) mass is 588 g/mol. The van der Waals surface area contributed by atoms with Crippen LogP contribution in [0.5, 0.6) is 11.5 Å². The molecule has 4 aromatic rings. The first-order chi connectivity index (χ1) is 17.4. The van der Waals surface area contributed by atoms with Crippen LogP contribution in [0.1, 0.15) is 22.2 Å². The van der Waals surface area contributed by atoms with E-state index in [0.717, 1.165) is 11.3 Å². The van der Waals surface area contributed by atoms with Crippen molar-refractivity contribution in [2.45, 2.75) is 23.9 Å². The zero-order chi connectivity index (χ0) is 25.7. The second-order valence-electron chi connectivity index (χ2n) is 7.74. The van der Waals surface area contributed by atoms with Gasteiger partial charge in [0.15, 0.2) is 16.7 Å². The molecule has 8 nitrogen and oxygen atoms in total. The number of ether oxygens (including phenoxy) is 2. The van der Waals surface area contributed by atoms with E-state index in [1.54, 1.807) is 12.1 Å². The number of nitro groups is 1. The zero-order valence-electron chi connectivity index (χ0n) is 19.4. The van der Waals surface area contributed by atoms with Gasteiger partial charge < -0.3 is 9.47 Å². The fourth-order valence-corrected chi connectivity index (χ4v) is 5.52. The van der Waals surface area contributed by atoms with Crippen LogP contribution >= 0.6 is 39.3 Å². The molecule has 0 unspecified atom stereocenters. The summed E-state index contributed by atoms with van der Waals surface area (Å²) in [6, 6.07) is 20.6. The van der Waals surface area contributed by atoms with E-state index in [2.05, 4.69) is 26.1 Å². The molecule has 1 atom stereocenters. The minimum Gasteiger partial charge on any atom is -0.493 e. The van der Waals surface area contributed by atoms with E-state index in [1.807, 2.05) is 66.1 Å². The molecule has 3 aromatic carbocycles. The van der Waals surface area contributed by atoms with Crippen molar-refractivity contribution in [3.8, 4) is 17.2 Å². The van der Waals surface area contributed by atoms with E-state index in [9.17, 15) is 10.1 Å². The highest BCUT2D eigenvalue weighted by Gasteiger charge is 2.26. The van der Waals surface area contributed by atoms with Crippen molar-refractivity contribution in [1.29, 1.82) is 0 Å². The summed E-state index contributed by atoms with van der Waals surface area (Å²) in [4.78, 5) is 11.3. The molecule has 186 valence electrons. The minimum atomic E-state index is -0.561. The van der Waals surface area contributed by atoms with Crippen LogP contribution in [-0.2, 0) is 6.61 Å². The summed E-state index contributed by atoms with van der Waals surface area (Å²) >= 11 is 11.1. The Balaban J connectivity index is 1.65. The van der Waals surface area contributed by atoms with E-state index in [0.29, 0.717) is 37.5 Å². The van der Waals surface area contributed by atoms with E-state index >= 15 is 0 Å². The Kier molecular flexibility index (Phi) is 8.50. The molecule has 1 heterocycles. The molecule has 0 aliphatic rings. The van der Waals surface area contributed by atoms with Gasteiger partial charge in [-0.05, 0) is 58.7 Å². The van der Waals surface area contributed by atoms with Crippen molar-refractivity contribution in [1.82, 2.24) is 14.8 Å². The van der Waals surface area contributed by atoms with Crippen LogP contribution in [0.25, 0.3) is 5.69 Å². The van der Waals surface area contributed by atoms with Crippen LogP contribution in [0.3, 0.4) is 0 Å². The summed E-state index contributed by atoms with van der Waals surface area (Å²) in [5.41, 5.74) is 2.39. The largest absolute Gasteiger partial charge is 0.493 e.